The van der Waals surface area contributed by atoms with Gasteiger partial charge in [-0.1, -0.05) is 24.3 Å². The number of hydrogen-bond acceptors (Lipinski definition) is 3. The van der Waals surface area contributed by atoms with Crippen LogP contribution in [0.15, 0.2) is 24.3 Å². The van der Waals surface area contributed by atoms with E-state index >= 15 is 0 Å². The van der Waals surface area contributed by atoms with Crippen LogP contribution in [0.2, 0.25) is 0 Å². The average molecular weight is 308 g/mol. The third kappa shape index (κ3) is 5.98. The van der Waals surface area contributed by atoms with Crippen molar-refractivity contribution < 1.29 is 9.53 Å². The van der Waals surface area contributed by atoms with Crippen molar-refractivity contribution in [3.63, 3.8) is 0 Å². The number of amides is 2. The Kier molecular flexibility index (Phi) is 6.89. The van der Waals surface area contributed by atoms with E-state index in [1.54, 1.807) is 11.8 Å². The highest BCUT2D eigenvalue weighted by Gasteiger charge is 2.14. The van der Waals surface area contributed by atoms with Crippen LogP contribution in [-0.4, -0.2) is 32.0 Å². The number of hydrogen-bond donors (Lipinski definition) is 2. The number of rotatable bonds is 6. The Morgan fingerprint density at radius 2 is 2.05 bits per heavy atom. The summed E-state index contributed by atoms with van der Waals surface area (Å²) < 4.78 is 5.31. The van der Waals surface area contributed by atoms with Gasteiger partial charge in [-0.15, -0.1) is 0 Å². The zero-order valence-electron chi connectivity index (χ0n) is 12.6. The molecule has 0 radical (unpaired) electrons. The van der Waals surface area contributed by atoms with Gasteiger partial charge in [0, 0.05) is 32.1 Å². The fourth-order valence-corrected chi connectivity index (χ4v) is 2.94. The van der Waals surface area contributed by atoms with Crippen LogP contribution in [0.5, 0.6) is 0 Å². The quantitative estimate of drug-likeness (QED) is 0.849. The van der Waals surface area contributed by atoms with Crippen molar-refractivity contribution >= 4 is 17.8 Å². The molecule has 0 bridgehead atoms. The highest BCUT2D eigenvalue weighted by Crippen LogP contribution is 2.13. The number of carbonyl (C=O) groups excluding carboxylic acids is 1. The van der Waals surface area contributed by atoms with Crippen molar-refractivity contribution in [2.75, 3.05) is 26.0 Å². The van der Waals surface area contributed by atoms with E-state index in [2.05, 4.69) is 29.0 Å². The molecule has 1 aliphatic rings. The van der Waals surface area contributed by atoms with Gasteiger partial charge in [0.15, 0.2) is 0 Å². The van der Waals surface area contributed by atoms with Crippen molar-refractivity contribution in [3.05, 3.63) is 35.4 Å². The molecule has 0 saturated carbocycles. The lowest BCUT2D eigenvalue weighted by atomic mass is 10.0. The molecule has 21 heavy (non-hydrogen) atoms. The van der Waals surface area contributed by atoms with E-state index in [0.717, 1.165) is 43.9 Å². The van der Waals surface area contributed by atoms with Crippen LogP contribution in [0.4, 0.5) is 4.79 Å². The Balaban J connectivity index is 1.69. The second-order valence-electron chi connectivity index (χ2n) is 5.37. The summed E-state index contributed by atoms with van der Waals surface area (Å²) in [7, 11) is 0. The van der Waals surface area contributed by atoms with Gasteiger partial charge >= 0.3 is 6.03 Å². The smallest absolute Gasteiger partial charge is 0.315 e. The second-order valence-corrected chi connectivity index (χ2v) is 6.24. The maximum absolute atomic E-state index is 11.8. The Morgan fingerprint density at radius 1 is 1.29 bits per heavy atom. The first-order valence-corrected chi connectivity index (χ1v) is 8.83. The van der Waals surface area contributed by atoms with Crippen LogP contribution in [-0.2, 0) is 17.0 Å². The van der Waals surface area contributed by atoms with E-state index in [0.29, 0.717) is 12.5 Å². The summed E-state index contributed by atoms with van der Waals surface area (Å²) in [5, 5.41) is 5.87. The van der Waals surface area contributed by atoms with Crippen molar-refractivity contribution in [2.45, 2.75) is 25.1 Å². The molecule has 1 aromatic rings. The number of urea groups is 1. The van der Waals surface area contributed by atoms with E-state index in [9.17, 15) is 4.79 Å². The van der Waals surface area contributed by atoms with Crippen molar-refractivity contribution in [1.29, 1.82) is 0 Å². The Hall–Kier alpha value is -1.20. The SMILES string of the molecule is CSCc1cccc(CNC(=O)NCC2CCOCC2)c1. The second kappa shape index (κ2) is 8.95. The normalized spacial score (nSPS) is 15.7. The predicted molar refractivity (Wildman–Crippen MR) is 87.4 cm³/mol. The Labute approximate surface area is 131 Å². The lowest BCUT2D eigenvalue weighted by Crippen LogP contribution is -2.39. The fraction of sp³-hybridized carbons (Fsp3) is 0.562. The van der Waals surface area contributed by atoms with Crippen LogP contribution in [0, 0.1) is 5.92 Å². The number of nitrogens with one attached hydrogen (secondary N) is 2. The molecule has 5 heteroatoms. The predicted octanol–water partition coefficient (Wildman–Crippen LogP) is 2.78. The van der Waals surface area contributed by atoms with E-state index in [1.165, 1.54) is 5.56 Å². The molecule has 2 amide bonds. The minimum atomic E-state index is -0.0863. The summed E-state index contributed by atoms with van der Waals surface area (Å²) in [5.74, 6) is 1.55. The van der Waals surface area contributed by atoms with Crippen molar-refractivity contribution in [2.24, 2.45) is 5.92 Å². The van der Waals surface area contributed by atoms with Gasteiger partial charge in [0.05, 0.1) is 0 Å². The molecule has 4 nitrogen and oxygen atoms in total. The number of thioether (sulfide) groups is 1. The highest BCUT2D eigenvalue weighted by molar-refractivity contribution is 7.97. The number of ether oxygens (including phenoxy) is 1. The fourth-order valence-electron chi connectivity index (χ4n) is 2.43. The monoisotopic (exact) mass is 308 g/mol. The van der Waals surface area contributed by atoms with Crippen molar-refractivity contribution in [3.8, 4) is 0 Å². The lowest BCUT2D eigenvalue weighted by molar-refractivity contribution is 0.0669. The summed E-state index contributed by atoms with van der Waals surface area (Å²) in [6.45, 7) is 2.94. The minimum Gasteiger partial charge on any atom is -0.381 e. The summed E-state index contributed by atoms with van der Waals surface area (Å²) in [6, 6.07) is 8.27. The van der Waals surface area contributed by atoms with Crippen LogP contribution in [0.1, 0.15) is 24.0 Å². The van der Waals surface area contributed by atoms with Crippen LogP contribution >= 0.6 is 11.8 Å². The zero-order valence-corrected chi connectivity index (χ0v) is 13.4. The van der Waals surface area contributed by atoms with Gasteiger partial charge in [0.1, 0.15) is 0 Å². The Bertz CT molecular complexity index is 448. The summed E-state index contributed by atoms with van der Waals surface area (Å²) >= 11 is 1.80. The third-order valence-electron chi connectivity index (χ3n) is 3.65. The highest BCUT2D eigenvalue weighted by atomic mass is 32.2. The molecule has 1 heterocycles. The molecule has 1 saturated heterocycles. The van der Waals surface area contributed by atoms with Gasteiger partial charge in [-0.3, -0.25) is 0 Å². The molecule has 0 spiro atoms. The molecule has 0 atom stereocenters. The van der Waals surface area contributed by atoms with E-state index in [4.69, 9.17) is 4.74 Å². The molecule has 116 valence electrons. The lowest BCUT2D eigenvalue weighted by Gasteiger charge is -2.22. The molecule has 2 N–H and O–H groups in total. The van der Waals surface area contributed by atoms with Crippen LogP contribution in [0.25, 0.3) is 0 Å². The first-order valence-electron chi connectivity index (χ1n) is 7.44. The topological polar surface area (TPSA) is 50.4 Å². The maximum Gasteiger partial charge on any atom is 0.315 e. The molecule has 0 aromatic heterocycles. The zero-order chi connectivity index (χ0) is 14.9. The Morgan fingerprint density at radius 3 is 2.81 bits per heavy atom. The average Bonchev–Trinajstić information content (AvgIpc) is 2.53. The molecule has 0 unspecified atom stereocenters. The third-order valence-corrected chi connectivity index (χ3v) is 4.27. The molecular weight excluding hydrogens is 284 g/mol. The molecule has 2 rings (SSSR count). The van der Waals surface area contributed by atoms with Gasteiger partial charge in [0.25, 0.3) is 0 Å². The van der Waals surface area contributed by atoms with E-state index in [-0.39, 0.29) is 6.03 Å². The molecule has 1 fully saturated rings. The van der Waals surface area contributed by atoms with Gasteiger partial charge in [-0.05, 0) is 36.1 Å². The maximum atomic E-state index is 11.8. The van der Waals surface area contributed by atoms with E-state index in [1.807, 2.05) is 12.1 Å². The van der Waals surface area contributed by atoms with Gasteiger partial charge in [-0.25, -0.2) is 4.79 Å². The summed E-state index contributed by atoms with van der Waals surface area (Å²) in [6.07, 6.45) is 4.17. The van der Waals surface area contributed by atoms with Gasteiger partial charge in [-0.2, -0.15) is 11.8 Å². The molecule has 1 aliphatic heterocycles. The van der Waals surface area contributed by atoms with Gasteiger partial charge < -0.3 is 15.4 Å². The molecule has 1 aromatic carbocycles. The van der Waals surface area contributed by atoms with E-state index < -0.39 is 0 Å². The van der Waals surface area contributed by atoms with Crippen LogP contribution < -0.4 is 10.6 Å². The summed E-state index contributed by atoms with van der Waals surface area (Å²) in [5.41, 5.74) is 2.44. The standard InChI is InChI=1S/C16H24N2O2S/c1-21-12-15-4-2-3-14(9-15)11-18-16(19)17-10-13-5-7-20-8-6-13/h2-4,9,13H,5-8,10-12H2,1H3,(H2,17,18,19). The minimum absolute atomic E-state index is 0.0863. The van der Waals surface area contributed by atoms with Gasteiger partial charge in [0.2, 0.25) is 0 Å². The molecule has 0 aliphatic carbocycles. The largest absolute Gasteiger partial charge is 0.381 e. The first-order chi connectivity index (χ1) is 10.3. The first kappa shape index (κ1) is 16.2. The number of carbonyl (C=O) groups is 1. The summed E-state index contributed by atoms with van der Waals surface area (Å²) in [4.78, 5) is 11.8. The van der Waals surface area contributed by atoms with Crippen molar-refractivity contribution in [1.82, 2.24) is 10.6 Å². The number of benzene rings is 1. The molecular formula is C16H24N2O2S. The van der Waals surface area contributed by atoms with Crippen LogP contribution in [0.3, 0.4) is 0 Å².